The molecule has 0 bridgehead atoms. The van der Waals surface area contributed by atoms with E-state index in [0.717, 1.165) is 207 Å². The summed E-state index contributed by atoms with van der Waals surface area (Å²) in [6.07, 6.45) is 4.17. The Kier molecular flexibility index (Phi) is 42.2. The summed E-state index contributed by atoms with van der Waals surface area (Å²) in [7, 11) is 0. The Labute approximate surface area is 791 Å². The number of amides is 8. The van der Waals surface area contributed by atoms with Gasteiger partial charge in [-0.25, -0.2) is 28.0 Å². The molecule has 0 saturated carbocycles. The van der Waals surface area contributed by atoms with Crippen molar-refractivity contribution in [2.75, 3.05) is 86.0 Å². The van der Waals surface area contributed by atoms with Gasteiger partial charge in [-0.15, -0.1) is 11.6 Å². The number of piperidine rings is 4. The highest BCUT2D eigenvalue weighted by Crippen LogP contribution is 2.38. The number of halogens is 14. The molecule has 18 nitrogen and oxygen atoms in total. The molecule has 724 valence electrons. The van der Waals surface area contributed by atoms with Crippen LogP contribution in [-0.2, 0) is 55.9 Å². The summed E-state index contributed by atoms with van der Waals surface area (Å²) < 4.78 is 146. The Morgan fingerprint density at radius 2 is 0.805 bits per heavy atom. The summed E-state index contributed by atoms with van der Waals surface area (Å²) in [5, 5.41) is 10.5. The predicted molar refractivity (Wildman–Crippen MR) is 508 cm³/mol. The SMILES string of the molecule is CC(C)CCN1CCC(N(Cc2ccccc2)C(=O)Nc2cccc(C(F)(F)F)c2)CC1.CCCC(C)N1CCC(N(Cc2ccccc2)C(=O)Nc2ccc(Cl)c(Cl)c2F)CC1.CCCC(C)N1CCC(N(Cc2ccccc2CC(=O)CCl)C(=O)Nc2cccc(C(F)(F)F)c2)CC1.CCCC(C)N1CCC(N(Cc2cccnc2)C(=O)Nc2cc(F)cc(C(F)(F)F)c2)CC1. The largest absolute Gasteiger partial charge is 0.416 e. The van der Waals surface area contributed by atoms with Crippen LogP contribution >= 0.6 is 34.8 Å². The normalized spacial score (nSPS) is 16.0. The van der Waals surface area contributed by atoms with Gasteiger partial charge in [0.15, 0.2) is 11.6 Å². The molecule has 0 aliphatic carbocycles. The van der Waals surface area contributed by atoms with Crippen LogP contribution in [0, 0.1) is 17.6 Å². The molecule has 8 aromatic rings. The number of carbonyl (C=O) groups excluding carboxylic acids is 5. The number of hydrogen-bond acceptors (Lipinski definition) is 10. The Bertz CT molecular complexity index is 4920. The van der Waals surface area contributed by atoms with E-state index < -0.39 is 58.9 Å². The summed E-state index contributed by atoms with van der Waals surface area (Å²) in [5.41, 5.74) is 1.76. The molecule has 0 spiro atoms. The van der Waals surface area contributed by atoms with Gasteiger partial charge >= 0.3 is 42.7 Å². The fourth-order valence-corrected chi connectivity index (χ4v) is 17.8. The van der Waals surface area contributed by atoms with Gasteiger partial charge in [0.05, 0.1) is 38.3 Å². The summed E-state index contributed by atoms with van der Waals surface area (Å²) in [4.78, 5) is 85.9. The zero-order chi connectivity index (χ0) is 96.5. The smallest absolute Gasteiger partial charge is 0.317 e. The van der Waals surface area contributed by atoms with Crippen LogP contribution in [0.3, 0.4) is 0 Å². The fourth-order valence-electron chi connectivity index (χ4n) is 17.4. The second kappa shape index (κ2) is 52.5. The number of likely N-dealkylation sites (tertiary alicyclic amines) is 4. The van der Waals surface area contributed by atoms with E-state index in [1.54, 1.807) is 33.2 Å². The van der Waals surface area contributed by atoms with Crippen LogP contribution in [0.25, 0.3) is 0 Å². The number of benzene rings is 7. The molecular weight excluding hydrogens is 1790 g/mol. The first kappa shape index (κ1) is 107. The average molecular weight is 1920 g/mol. The molecule has 4 aliphatic rings. The van der Waals surface area contributed by atoms with Gasteiger partial charge in [0.1, 0.15) is 5.82 Å². The monoisotopic (exact) mass is 1920 g/mol. The number of aromatic nitrogens is 1. The third-order valence-corrected chi connectivity index (χ3v) is 26.1. The number of urea groups is 4. The summed E-state index contributed by atoms with van der Waals surface area (Å²) >= 11 is 17.5. The lowest BCUT2D eigenvalue weighted by Gasteiger charge is -2.41. The van der Waals surface area contributed by atoms with Crippen molar-refractivity contribution in [1.29, 1.82) is 0 Å². The minimum atomic E-state index is -4.71. The van der Waals surface area contributed by atoms with Crippen molar-refractivity contribution >= 4 is 87.5 Å². The predicted octanol–water partition coefficient (Wildman–Crippen LogP) is 25.7. The van der Waals surface area contributed by atoms with E-state index in [9.17, 15) is 72.3 Å². The maximum atomic E-state index is 14.5. The lowest BCUT2D eigenvalue weighted by molar-refractivity contribution is -0.138. The number of hydrogen-bond donors (Lipinski definition) is 4. The number of Topliss-reactive ketones (excluding diaryl/α,β-unsaturated/α-hetero) is 1. The minimum Gasteiger partial charge on any atom is -0.317 e. The number of alkyl halides is 10. The van der Waals surface area contributed by atoms with Gasteiger partial charge in [-0.2, -0.15) is 39.5 Å². The molecule has 4 aliphatic heterocycles. The quantitative estimate of drug-likeness (QED) is 0.0186. The summed E-state index contributed by atoms with van der Waals surface area (Å²) in [6, 6.07) is 44.7. The molecule has 1 aromatic heterocycles. The fraction of sp³-hybridized carbons (Fsp3) is 0.485. The number of pyridine rings is 1. The summed E-state index contributed by atoms with van der Waals surface area (Å²) in [6.45, 7) is 27.2. The molecule has 4 fully saturated rings. The molecule has 5 heterocycles. The van der Waals surface area contributed by atoms with Crippen LogP contribution in [0.2, 0.25) is 10.0 Å². The number of ketones is 1. The van der Waals surface area contributed by atoms with Crippen molar-refractivity contribution in [2.45, 2.75) is 245 Å². The zero-order valence-electron chi connectivity index (χ0n) is 77.1. The van der Waals surface area contributed by atoms with E-state index in [2.05, 4.69) is 101 Å². The number of anilines is 4. The standard InChI is InChI=1S/C28H35ClF3N3O2.C25H32F3N3O.C24H30Cl2FN3O.C24H30F4N4O/c1-3-7-20(2)34-14-12-25(13-15-34)35(19-22-9-5-4-8-21(22)16-26(36)18-29)27(37)33-24-11-6-10-23(17-24)28(30,31)32;1-19(2)11-14-30-15-12-23(13-16-30)31(18-20-7-4-3-5-8-20)24(32)29-22-10-6-9-21(17-22)25(26,27)28;1-3-7-17(2)29-14-12-19(13-15-29)30(16-18-8-5-4-6-9-18)24(31)28-21-11-10-20(25)22(26)23(21)27;1-3-5-17(2)31-10-7-22(8-11-31)32(16-18-6-4-9-29-15-18)23(33)30-21-13-19(24(26,27)28)12-20(25)14-21/h4-6,8-11,17,20,25H,3,7,12-16,18-19H2,1-2H3,(H,33,37);3-10,17,19,23H,11-16,18H2,1-2H3,(H,29,32);4-6,8-11,17,19H,3,7,12-16H2,1-2H3,(H,28,31);4,6,9,12-15,17,22H,3,5,7-8,10-11,16H2,1-2H3,(H,30,33). The van der Waals surface area contributed by atoms with E-state index in [1.807, 2.05) is 95.9 Å². The molecule has 8 amide bonds. The first-order valence-corrected chi connectivity index (χ1v) is 47.4. The van der Waals surface area contributed by atoms with Crippen molar-refractivity contribution in [3.05, 3.63) is 255 Å². The van der Waals surface area contributed by atoms with E-state index in [4.69, 9.17) is 34.8 Å². The Hall–Kier alpha value is -9.62. The van der Waals surface area contributed by atoms with Gasteiger partial charge in [0.2, 0.25) is 0 Å². The van der Waals surface area contributed by atoms with Gasteiger partial charge in [-0.05, 0) is 211 Å². The van der Waals surface area contributed by atoms with E-state index in [1.165, 1.54) is 49.2 Å². The second-order valence-electron chi connectivity index (χ2n) is 35.3. The molecular formula is C101H127Cl3F11N13O5. The second-order valence-corrected chi connectivity index (χ2v) is 36.3. The van der Waals surface area contributed by atoms with Crippen molar-refractivity contribution in [3.63, 3.8) is 0 Å². The molecule has 7 aromatic carbocycles. The van der Waals surface area contributed by atoms with Gasteiger partial charge in [0, 0.05) is 157 Å². The highest BCUT2D eigenvalue weighted by Gasteiger charge is 2.39. The average Bonchev–Trinajstić information content (AvgIpc) is 0.829. The van der Waals surface area contributed by atoms with Gasteiger partial charge in [0.25, 0.3) is 0 Å². The maximum Gasteiger partial charge on any atom is 0.416 e. The molecule has 4 N–H and O–H groups in total. The van der Waals surface area contributed by atoms with Gasteiger partial charge in [-0.1, -0.05) is 180 Å². The van der Waals surface area contributed by atoms with Gasteiger partial charge in [-0.3, -0.25) is 9.78 Å². The molecule has 4 saturated heterocycles. The topological polar surface area (TPSA) is 172 Å². The summed E-state index contributed by atoms with van der Waals surface area (Å²) in [5.74, 6) is -1.34. The molecule has 3 atom stereocenters. The number of rotatable bonds is 31. The number of carbonyl (C=O) groups is 5. The van der Waals surface area contributed by atoms with E-state index in [-0.39, 0.29) is 100 Å². The number of nitrogens with zero attached hydrogens (tertiary/aromatic N) is 9. The Morgan fingerprint density at radius 1 is 0.421 bits per heavy atom. The van der Waals surface area contributed by atoms with Crippen molar-refractivity contribution < 1.29 is 72.3 Å². The van der Waals surface area contributed by atoms with Crippen LogP contribution in [0.5, 0.6) is 0 Å². The van der Waals surface area contributed by atoms with Crippen molar-refractivity contribution in [3.8, 4) is 0 Å². The maximum absolute atomic E-state index is 14.5. The molecule has 32 heteroatoms. The van der Waals surface area contributed by atoms with Crippen molar-refractivity contribution in [1.82, 2.24) is 44.2 Å². The minimum absolute atomic E-state index is 0.0338. The van der Waals surface area contributed by atoms with Crippen LogP contribution < -0.4 is 21.3 Å². The Balaban J connectivity index is 0.000000200. The zero-order valence-corrected chi connectivity index (χ0v) is 79.4. The van der Waals surface area contributed by atoms with Crippen LogP contribution in [-0.4, -0.2) is 181 Å². The highest BCUT2D eigenvalue weighted by atomic mass is 35.5. The first-order chi connectivity index (χ1) is 63.4. The molecule has 133 heavy (non-hydrogen) atoms. The number of nitrogens with one attached hydrogen (secondary N) is 4. The molecule has 0 radical (unpaired) electrons. The van der Waals surface area contributed by atoms with Crippen molar-refractivity contribution in [2.24, 2.45) is 5.92 Å². The molecule has 3 unspecified atom stereocenters. The highest BCUT2D eigenvalue weighted by molar-refractivity contribution is 6.42. The van der Waals surface area contributed by atoms with Crippen LogP contribution in [0.4, 0.5) is 90.2 Å². The first-order valence-electron chi connectivity index (χ1n) is 46.1. The van der Waals surface area contributed by atoms with E-state index in [0.29, 0.717) is 43.2 Å². The lowest BCUT2D eigenvalue weighted by Crippen LogP contribution is -2.50. The Morgan fingerprint density at radius 3 is 1.21 bits per heavy atom. The molecule has 12 rings (SSSR count). The van der Waals surface area contributed by atoms with Gasteiger partial charge < -0.3 is 60.5 Å². The lowest BCUT2D eigenvalue weighted by atomic mass is 9.98. The third kappa shape index (κ3) is 34.0. The van der Waals surface area contributed by atoms with Crippen LogP contribution in [0.1, 0.15) is 196 Å². The van der Waals surface area contributed by atoms with E-state index >= 15 is 0 Å². The van der Waals surface area contributed by atoms with Crippen LogP contribution in [0.15, 0.2) is 188 Å². The third-order valence-electron chi connectivity index (χ3n) is 25.0.